The van der Waals surface area contributed by atoms with Crippen LogP contribution < -0.4 is 10.1 Å². The summed E-state index contributed by atoms with van der Waals surface area (Å²) in [6.45, 7) is 1.82. The van der Waals surface area contributed by atoms with Crippen molar-refractivity contribution in [2.24, 2.45) is 0 Å². The van der Waals surface area contributed by atoms with E-state index in [0.29, 0.717) is 37.2 Å². The summed E-state index contributed by atoms with van der Waals surface area (Å²) in [4.78, 5) is 35.0. The number of amides is 1. The van der Waals surface area contributed by atoms with E-state index in [9.17, 15) is 19.5 Å². The number of nitrogens with one attached hydrogen (secondary N) is 1. The molecule has 6 heteroatoms. The maximum Gasteiger partial charge on any atom is 0.329 e. The van der Waals surface area contributed by atoms with E-state index in [0.717, 1.165) is 19.3 Å². The summed E-state index contributed by atoms with van der Waals surface area (Å²) >= 11 is 0. The second-order valence-electron chi connectivity index (χ2n) is 6.53. The molecular formula is C19H25NO5. The lowest BCUT2D eigenvalue weighted by Crippen LogP contribution is -2.55. The molecule has 2 N–H and O–H groups in total. The van der Waals surface area contributed by atoms with Crippen LogP contribution in [0.5, 0.6) is 5.75 Å². The Labute approximate surface area is 147 Å². The van der Waals surface area contributed by atoms with Crippen molar-refractivity contribution in [3.05, 3.63) is 29.8 Å². The van der Waals surface area contributed by atoms with E-state index in [1.807, 2.05) is 0 Å². The Hall–Kier alpha value is -2.37. The molecule has 0 atom stereocenters. The predicted octanol–water partition coefficient (Wildman–Crippen LogP) is 2.95. The SMILES string of the molecule is CC(=O)c1cccc(OCCCC(=O)NC2(C(=O)O)CCCCC2)c1. The zero-order chi connectivity index (χ0) is 18.3. The molecule has 0 unspecified atom stereocenters. The minimum Gasteiger partial charge on any atom is -0.494 e. The van der Waals surface area contributed by atoms with Crippen molar-refractivity contribution in [3.8, 4) is 5.75 Å². The molecule has 1 aromatic rings. The average molecular weight is 347 g/mol. The average Bonchev–Trinajstić information content (AvgIpc) is 2.59. The fourth-order valence-corrected chi connectivity index (χ4v) is 3.10. The molecule has 1 fully saturated rings. The van der Waals surface area contributed by atoms with Gasteiger partial charge in [-0.3, -0.25) is 9.59 Å². The molecule has 25 heavy (non-hydrogen) atoms. The van der Waals surface area contributed by atoms with Gasteiger partial charge in [-0.15, -0.1) is 0 Å². The first kappa shape index (κ1) is 19.0. The van der Waals surface area contributed by atoms with Gasteiger partial charge >= 0.3 is 5.97 Å². The van der Waals surface area contributed by atoms with Crippen LogP contribution in [0.4, 0.5) is 0 Å². The van der Waals surface area contributed by atoms with Crippen LogP contribution in [0.3, 0.4) is 0 Å². The molecule has 0 heterocycles. The first-order chi connectivity index (χ1) is 11.9. The molecule has 136 valence electrons. The first-order valence-corrected chi connectivity index (χ1v) is 8.71. The number of carbonyl (C=O) groups is 3. The summed E-state index contributed by atoms with van der Waals surface area (Å²) in [6, 6.07) is 6.90. The van der Waals surface area contributed by atoms with E-state index in [2.05, 4.69) is 5.32 Å². The second kappa shape index (κ2) is 8.65. The van der Waals surface area contributed by atoms with E-state index in [1.54, 1.807) is 24.3 Å². The summed E-state index contributed by atoms with van der Waals surface area (Å²) in [5.41, 5.74) is -0.526. The van der Waals surface area contributed by atoms with Gasteiger partial charge in [-0.05, 0) is 38.3 Å². The highest BCUT2D eigenvalue weighted by Gasteiger charge is 2.40. The largest absolute Gasteiger partial charge is 0.494 e. The Bertz CT molecular complexity index is 634. The maximum absolute atomic E-state index is 12.1. The quantitative estimate of drug-likeness (QED) is 0.557. The van der Waals surface area contributed by atoms with Crippen molar-refractivity contribution in [2.75, 3.05) is 6.61 Å². The Kier molecular flexibility index (Phi) is 6.56. The zero-order valence-corrected chi connectivity index (χ0v) is 14.5. The van der Waals surface area contributed by atoms with Crippen LogP contribution in [-0.2, 0) is 9.59 Å². The Morgan fingerprint density at radius 3 is 2.56 bits per heavy atom. The third kappa shape index (κ3) is 5.31. The van der Waals surface area contributed by atoms with E-state index in [4.69, 9.17) is 4.74 Å². The highest BCUT2D eigenvalue weighted by molar-refractivity contribution is 5.94. The Morgan fingerprint density at radius 1 is 1.20 bits per heavy atom. The lowest BCUT2D eigenvalue weighted by Gasteiger charge is -2.34. The monoisotopic (exact) mass is 347 g/mol. The maximum atomic E-state index is 12.1. The van der Waals surface area contributed by atoms with Crippen molar-refractivity contribution in [1.29, 1.82) is 0 Å². The number of ether oxygens (including phenoxy) is 1. The van der Waals surface area contributed by atoms with Gasteiger partial charge in [0.1, 0.15) is 11.3 Å². The van der Waals surface area contributed by atoms with Crippen molar-refractivity contribution < 1.29 is 24.2 Å². The van der Waals surface area contributed by atoms with Crippen molar-refractivity contribution in [1.82, 2.24) is 5.32 Å². The molecule has 1 aliphatic carbocycles. The third-order valence-electron chi connectivity index (χ3n) is 4.55. The number of benzene rings is 1. The lowest BCUT2D eigenvalue weighted by atomic mass is 9.81. The van der Waals surface area contributed by atoms with Gasteiger partial charge in [-0.25, -0.2) is 4.79 Å². The van der Waals surface area contributed by atoms with Gasteiger partial charge < -0.3 is 15.2 Å². The smallest absolute Gasteiger partial charge is 0.329 e. The number of carboxylic acid groups (broad SMARTS) is 1. The second-order valence-corrected chi connectivity index (χ2v) is 6.53. The van der Waals surface area contributed by atoms with E-state index in [1.165, 1.54) is 6.92 Å². The van der Waals surface area contributed by atoms with Crippen LogP contribution in [0.1, 0.15) is 62.2 Å². The minimum atomic E-state index is -1.11. The molecule has 2 rings (SSSR count). The topological polar surface area (TPSA) is 92.7 Å². The molecule has 1 aliphatic rings. The molecule has 6 nitrogen and oxygen atoms in total. The molecule has 0 aromatic heterocycles. The Morgan fingerprint density at radius 2 is 1.92 bits per heavy atom. The zero-order valence-electron chi connectivity index (χ0n) is 14.5. The van der Waals surface area contributed by atoms with Gasteiger partial charge in [-0.2, -0.15) is 0 Å². The number of aliphatic carboxylic acids is 1. The molecule has 0 saturated heterocycles. The van der Waals surface area contributed by atoms with Gasteiger partial charge in [-0.1, -0.05) is 31.4 Å². The summed E-state index contributed by atoms with van der Waals surface area (Å²) in [5, 5.41) is 12.2. The van der Waals surface area contributed by atoms with Gasteiger partial charge in [0, 0.05) is 12.0 Å². The molecular weight excluding hydrogens is 322 g/mol. The lowest BCUT2D eigenvalue weighted by molar-refractivity contribution is -0.149. The Balaban J connectivity index is 1.77. The number of ketones is 1. The number of hydrogen-bond donors (Lipinski definition) is 2. The number of carboxylic acids is 1. The molecule has 1 saturated carbocycles. The number of Topliss-reactive ketones (excluding diaryl/α,β-unsaturated/α-hetero) is 1. The minimum absolute atomic E-state index is 0.0312. The van der Waals surface area contributed by atoms with Gasteiger partial charge in [0.05, 0.1) is 6.61 Å². The fourth-order valence-electron chi connectivity index (χ4n) is 3.10. The molecule has 1 amide bonds. The van der Waals surface area contributed by atoms with Crippen LogP contribution in [-0.4, -0.2) is 34.9 Å². The normalized spacial score (nSPS) is 16.0. The van der Waals surface area contributed by atoms with Crippen molar-refractivity contribution >= 4 is 17.7 Å². The highest BCUT2D eigenvalue weighted by atomic mass is 16.5. The fraction of sp³-hybridized carbons (Fsp3) is 0.526. The summed E-state index contributed by atoms with van der Waals surface area (Å²) in [6.07, 6.45) is 4.32. The highest BCUT2D eigenvalue weighted by Crippen LogP contribution is 2.28. The standard InChI is InChI=1S/C19H25NO5/c1-14(21)15-7-5-8-16(13-15)25-12-6-9-17(22)20-19(18(23)24)10-3-2-4-11-19/h5,7-8,13H,2-4,6,9-12H2,1H3,(H,20,22)(H,23,24). The van der Waals surface area contributed by atoms with Crippen LogP contribution in [0, 0.1) is 0 Å². The van der Waals surface area contributed by atoms with E-state index >= 15 is 0 Å². The van der Waals surface area contributed by atoms with Gasteiger partial charge in [0.2, 0.25) is 5.91 Å². The van der Waals surface area contributed by atoms with E-state index < -0.39 is 11.5 Å². The third-order valence-corrected chi connectivity index (χ3v) is 4.55. The van der Waals surface area contributed by atoms with Crippen molar-refractivity contribution in [2.45, 2.75) is 57.4 Å². The van der Waals surface area contributed by atoms with Crippen LogP contribution in [0.2, 0.25) is 0 Å². The van der Waals surface area contributed by atoms with Crippen molar-refractivity contribution in [3.63, 3.8) is 0 Å². The number of carbonyl (C=O) groups excluding carboxylic acids is 2. The van der Waals surface area contributed by atoms with Crippen LogP contribution >= 0.6 is 0 Å². The number of rotatable bonds is 8. The summed E-state index contributed by atoms with van der Waals surface area (Å²) in [7, 11) is 0. The molecule has 0 bridgehead atoms. The molecule has 0 aliphatic heterocycles. The molecule has 1 aromatic carbocycles. The van der Waals surface area contributed by atoms with E-state index in [-0.39, 0.29) is 18.1 Å². The van der Waals surface area contributed by atoms with Crippen LogP contribution in [0.25, 0.3) is 0 Å². The number of hydrogen-bond acceptors (Lipinski definition) is 4. The molecule has 0 radical (unpaired) electrons. The predicted molar refractivity (Wildman–Crippen MR) is 92.8 cm³/mol. The van der Waals surface area contributed by atoms with Gasteiger partial charge in [0.15, 0.2) is 5.78 Å². The summed E-state index contributed by atoms with van der Waals surface area (Å²) in [5.74, 6) is -0.651. The van der Waals surface area contributed by atoms with Gasteiger partial charge in [0.25, 0.3) is 0 Å². The molecule has 0 spiro atoms. The summed E-state index contributed by atoms with van der Waals surface area (Å²) < 4.78 is 5.56. The first-order valence-electron chi connectivity index (χ1n) is 8.71. The van der Waals surface area contributed by atoms with Crippen LogP contribution in [0.15, 0.2) is 24.3 Å².